The van der Waals surface area contributed by atoms with Crippen LogP contribution < -0.4 is 29.5 Å². The number of Topliss-reactive ketones (excluding diaryl/α,β-unsaturated/α-hetero) is 2. The Morgan fingerprint density at radius 3 is 1.01 bits per heavy atom. The molecule has 8 amide bonds. The monoisotopic (exact) mass is 2040 g/mol. The lowest BCUT2D eigenvalue weighted by Gasteiger charge is -2.06. The Morgan fingerprint density at radius 2 is 0.836 bits per heavy atom. The third-order valence-electron chi connectivity index (χ3n) is 12.2. The van der Waals surface area contributed by atoms with Gasteiger partial charge in [-0.1, -0.05) is 179 Å². The zero-order chi connectivity index (χ0) is 104. The number of sulfonamides is 2. The second-order valence-electron chi connectivity index (χ2n) is 33.8. The number of aromatic amines is 1. The number of hydrogen-bond acceptors (Lipinski definition) is 32. The van der Waals surface area contributed by atoms with E-state index in [1.165, 1.54) is 73.6 Å². The summed E-state index contributed by atoms with van der Waals surface area (Å²) in [6.07, 6.45) is 8.49. The molecule has 128 heavy (non-hydrogen) atoms. The Labute approximate surface area is 773 Å². The molecule has 0 saturated heterocycles. The molecule has 2 rings (SSSR count). The Balaban J connectivity index is -0.000000101. The van der Waals surface area contributed by atoms with E-state index in [0.717, 1.165) is 30.5 Å². The fraction of sp³-hybridized carbons (Fsp3) is 0.842. The van der Waals surface area contributed by atoms with E-state index in [0.29, 0.717) is 60.9 Å². The molecule has 0 aromatic carbocycles. The lowest BCUT2D eigenvalue weighted by molar-refractivity contribution is -0.132. The SMILES string of the molecule is C.CC(=O)CS(=O)(=O)C(C)C.CC(=O)CS(=O)(=O)CC(C)C.CC(=O)NC(=O)C(C)C.CC(=O)NC(=O)CC(C)C.CC(C)C(=O)NS(C)(=O)=O.CC(C)C(=O)NS(C)=O.CC(C)C1=NN=NC1.CC(C)CC(=O)NS(C)(=O)=O.CC(C)CC(=O)NS(C)=O.CC(C)CP(C)(=O)O.CC(C)CS(C)(=O)=O.CC(C)Cc1nn[nH]n1.CC(C)P(C)(=O)O.CC(C)S(=O)(=O)O. The highest BCUT2D eigenvalue weighted by Gasteiger charge is 2.20. The fourth-order valence-electron chi connectivity index (χ4n) is 6.45. The van der Waals surface area contributed by atoms with Gasteiger partial charge >= 0.3 is 0 Å². The lowest BCUT2D eigenvalue weighted by atomic mass is 10.1. The summed E-state index contributed by atoms with van der Waals surface area (Å²) in [5.74, 6) is -0.162. The highest BCUT2D eigenvalue weighted by atomic mass is 32.2. The summed E-state index contributed by atoms with van der Waals surface area (Å²) in [7, 11) is -27.4. The number of rotatable bonds is 29. The summed E-state index contributed by atoms with van der Waals surface area (Å²) in [5, 5.41) is 27.7. The molecule has 1 aromatic heterocycles. The topological polar surface area (TPSA) is 668 Å². The molecule has 10 N–H and O–H groups in total. The minimum atomic E-state index is -3.74. The van der Waals surface area contributed by atoms with Crippen LogP contribution in [0.15, 0.2) is 15.4 Å². The number of nitrogens with zero attached hydrogens (tertiary/aromatic N) is 6. The smallest absolute Gasteiger partial charge is 0.267 e. The van der Waals surface area contributed by atoms with E-state index in [1.807, 2.05) is 92.5 Å². The van der Waals surface area contributed by atoms with Crippen molar-refractivity contribution in [3.63, 3.8) is 0 Å². The standard InChI is InChI=1S/C7H13NO2.C7H14O3S.C6H13NO3S.C6H13NO2S.C6H11NO2.C6H12O3S.C5H10N4.C5H9N3.C5H11NO3S.C5H11NO2S.C5H13O2P.C5H12O2S.C4H11O2P.C3H8O3S.CH4/c1-5(2)4-7(10)8-6(3)9;1-6(2)4-11(9,10)5-7(3)8;1-5(2)4-6(8)7-11(3,9)10;1-5(2)4-6(8)7-10(3)9;1-4(2)6(9)7-5(3)8;1-5(2)10(8,9)4-6(3)7;1-4(2)3-5-6-8-9-7-5;1-4(2)5-3-6-8-7-5;1-4(2)5(7)6-10(3,8)9;1-4(2)5(7)6-9(3)8;2*1-5(2)4-8(3,6)7;1-4(2)7(3,5)6;1-3(2)7(4,5)6;/h5H,4H2,1-3H3,(H,8,9,10);6H,4-5H2,1-3H3;5H,4H2,1-3H3,(H,7,8);5H,4H2,1-3H3,(H,7,8);4H,1-3H3,(H,7,8,9);5H,4H2,1-3H3;4H,3H2,1-2H3,(H,6,7,8,9);4H,3H2,1-2H3;4H,1-3H3,(H,6,7);4H,1-3H3,(H,6,7);5H,4H2,1-3H3,(H,6,7);5H,4H2,1-3H3;4H,1-3H3,(H,5,6);3H,1-2H3,(H,4,5,6);1H4. The first-order valence-corrected chi connectivity index (χ1v) is 58.4. The fourth-order valence-corrected chi connectivity index (χ4v) is 13.7. The molecule has 0 aliphatic carbocycles. The quantitative estimate of drug-likeness (QED) is 0.0265. The predicted octanol–water partition coefficient (Wildman–Crippen LogP) is 8.67. The van der Waals surface area contributed by atoms with Crippen molar-refractivity contribution in [2.45, 2.75) is 271 Å². The van der Waals surface area contributed by atoms with Crippen LogP contribution in [0, 0.1) is 65.1 Å². The second kappa shape index (κ2) is 78.6. The van der Waals surface area contributed by atoms with Crippen LogP contribution in [0.25, 0.3) is 0 Å². The van der Waals surface area contributed by atoms with E-state index in [-0.39, 0.29) is 119 Å². The van der Waals surface area contributed by atoms with Gasteiger partial charge in [-0.2, -0.15) is 18.7 Å². The van der Waals surface area contributed by atoms with Crippen LogP contribution in [0.2, 0.25) is 0 Å². The molecular formula is C76H165N13O29P2S8. The maximum Gasteiger partial charge on any atom is 0.267 e. The highest BCUT2D eigenvalue weighted by molar-refractivity contribution is 7.93. The third kappa shape index (κ3) is 143. The van der Waals surface area contributed by atoms with Gasteiger partial charge in [0.2, 0.25) is 67.3 Å². The van der Waals surface area contributed by atoms with Crippen molar-refractivity contribution in [3.05, 3.63) is 5.82 Å². The first-order valence-electron chi connectivity index (χ1n) is 40.0. The Bertz CT molecular complexity index is 4190. The number of amides is 8. The minimum Gasteiger partial charge on any atom is -0.344 e. The molecule has 52 heteroatoms. The zero-order valence-corrected chi connectivity index (χ0v) is 90.8. The largest absolute Gasteiger partial charge is 0.344 e. The molecule has 4 unspecified atom stereocenters. The van der Waals surface area contributed by atoms with Crippen molar-refractivity contribution < 1.29 is 130 Å². The number of aromatic nitrogens is 4. The van der Waals surface area contributed by atoms with Crippen molar-refractivity contribution in [1.82, 2.24) is 50.1 Å². The normalized spacial score (nSPS) is 12.8. The number of carbonyl (C=O) groups excluding carboxylic acids is 10. The van der Waals surface area contributed by atoms with Crippen molar-refractivity contribution in [3.8, 4) is 0 Å². The molecule has 1 aliphatic rings. The first-order chi connectivity index (χ1) is 56.3. The molecule has 0 bridgehead atoms. The van der Waals surface area contributed by atoms with E-state index in [2.05, 4.69) is 83.8 Å². The molecular weight excluding hydrogens is 1880 g/mol. The predicted molar refractivity (Wildman–Crippen MR) is 514 cm³/mol. The minimum absolute atomic E-state index is 0. The number of imide groups is 2. The van der Waals surface area contributed by atoms with Crippen LogP contribution in [-0.2, 0) is 145 Å². The van der Waals surface area contributed by atoms with E-state index in [4.69, 9.17) is 14.3 Å². The summed E-state index contributed by atoms with van der Waals surface area (Å²) < 4.78 is 185. The van der Waals surface area contributed by atoms with Gasteiger partial charge in [0, 0.05) is 101 Å². The maximum atomic E-state index is 11.0. The number of sulfone groups is 3. The van der Waals surface area contributed by atoms with Gasteiger partial charge in [0.05, 0.1) is 40.2 Å². The number of nitrogens with one attached hydrogen (secondary N) is 7. The molecule has 0 fully saturated rings. The first kappa shape index (κ1) is 151. The van der Waals surface area contributed by atoms with Gasteiger partial charge in [0.1, 0.15) is 61.4 Å². The Morgan fingerprint density at radius 1 is 0.477 bits per heavy atom. The van der Waals surface area contributed by atoms with Crippen LogP contribution in [0.5, 0.6) is 0 Å². The molecule has 0 saturated carbocycles. The Hall–Kier alpha value is -5.82. The van der Waals surface area contributed by atoms with Gasteiger partial charge in [0.25, 0.3) is 10.1 Å². The number of hydrogen-bond donors (Lipinski definition) is 10. The zero-order valence-electron chi connectivity index (χ0n) is 82.5. The Kier molecular flexibility index (Phi) is 92.5. The average molecular weight is 2040 g/mol. The van der Waals surface area contributed by atoms with Crippen LogP contribution in [-0.4, -0.2) is 255 Å². The van der Waals surface area contributed by atoms with E-state index in [9.17, 15) is 116 Å². The summed E-state index contributed by atoms with van der Waals surface area (Å²) in [4.78, 5) is 123. The third-order valence-corrected chi connectivity index (χ3v) is 24.4. The molecule has 0 spiro atoms. The summed E-state index contributed by atoms with van der Waals surface area (Å²) >= 11 is 0. The summed E-state index contributed by atoms with van der Waals surface area (Å²) in [6, 6.07) is 0. The van der Waals surface area contributed by atoms with E-state index < -0.39 is 119 Å². The van der Waals surface area contributed by atoms with Crippen LogP contribution in [0.4, 0.5) is 0 Å². The highest BCUT2D eigenvalue weighted by Crippen LogP contribution is 2.40. The van der Waals surface area contributed by atoms with Crippen molar-refractivity contribution >= 4 is 161 Å². The summed E-state index contributed by atoms with van der Waals surface area (Å²) in [6.45, 7) is 59.5. The lowest BCUT2D eigenvalue weighted by Crippen LogP contribution is -2.32. The summed E-state index contributed by atoms with van der Waals surface area (Å²) in [5.41, 5.74) is 0.998. The molecule has 1 aliphatic heterocycles. The number of ketones is 2. The van der Waals surface area contributed by atoms with E-state index in [1.54, 1.807) is 69.2 Å². The maximum absolute atomic E-state index is 11.0. The molecule has 766 valence electrons. The molecule has 0 radical (unpaired) electrons. The molecule has 1 aromatic rings. The molecule has 2 heterocycles. The van der Waals surface area contributed by atoms with Gasteiger partial charge in [-0.3, -0.25) is 91.2 Å². The van der Waals surface area contributed by atoms with Crippen molar-refractivity contribution in [1.29, 1.82) is 0 Å². The van der Waals surface area contributed by atoms with Crippen LogP contribution >= 0.6 is 14.7 Å². The number of carbonyl (C=O) groups is 10. The molecule has 4 atom stereocenters. The second-order valence-corrected chi connectivity index (χ2v) is 53.8. The van der Waals surface area contributed by atoms with Gasteiger partial charge in [-0.15, -0.1) is 15.3 Å². The number of tetrazole rings is 1. The van der Waals surface area contributed by atoms with Crippen molar-refractivity contribution in [2.75, 3.05) is 80.3 Å². The van der Waals surface area contributed by atoms with Gasteiger partial charge in [-0.05, 0) is 94.1 Å². The van der Waals surface area contributed by atoms with Crippen molar-refractivity contribution in [2.24, 2.45) is 80.5 Å². The van der Waals surface area contributed by atoms with E-state index >= 15 is 0 Å². The average Bonchev–Trinajstić information content (AvgIpc) is 1.18. The van der Waals surface area contributed by atoms with Gasteiger partial charge in [0.15, 0.2) is 40.2 Å². The van der Waals surface area contributed by atoms with Crippen LogP contribution in [0.1, 0.15) is 254 Å². The molecule has 42 nitrogen and oxygen atoms in total. The van der Waals surface area contributed by atoms with Gasteiger partial charge < -0.3 is 9.79 Å². The van der Waals surface area contributed by atoms with Gasteiger partial charge in [-0.25, -0.2) is 50.5 Å². The van der Waals surface area contributed by atoms with Crippen LogP contribution in [0.3, 0.4) is 0 Å². The number of H-pyrrole nitrogens is 1.